The molecule has 1 aliphatic carbocycles. The van der Waals surface area contributed by atoms with E-state index in [-0.39, 0.29) is 12.1 Å². The molecule has 3 N–H and O–H groups in total. The number of ether oxygens (including phenoxy) is 1. The molecule has 0 aromatic rings. The monoisotopic (exact) mass is 213 g/mol. The fourth-order valence-corrected chi connectivity index (χ4v) is 2.39. The van der Waals surface area contributed by atoms with Crippen LogP contribution in [-0.4, -0.2) is 49.3 Å². The van der Waals surface area contributed by atoms with Crippen LogP contribution >= 0.6 is 0 Å². The minimum Gasteiger partial charge on any atom is -0.453 e. The molecule has 2 rings (SSSR count). The van der Waals surface area contributed by atoms with Crippen LogP contribution in [0, 0.1) is 0 Å². The van der Waals surface area contributed by atoms with Gasteiger partial charge in [-0.2, -0.15) is 0 Å². The molecule has 5 heteroatoms. The van der Waals surface area contributed by atoms with Gasteiger partial charge in [0.05, 0.1) is 7.11 Å². The van der Waals surface area contributed by atoms with Crippen LogP contribution in [0.5, 0.6) is 0 Å². The Labute approximate surface area is 89.9 Å². The van der Waals surface area contributed by atoms with Gasteiger partial charge >= 0.3 is 6.09 Å². The van der Waals surface area contributed by atoms with E-state index >= 15 is 0 Å². The van der Waals surface area contributed by atoms with Crippen LogP contribution in [0.1, 0.15) is 19.3 Å². The van der Waals surface area contributed by atoms with Crippen molar-refractivity contribution in [3.8, 4) is 0 Å². The third-order valence-electron chi connectivity index (χ3n) is 3.39. The highest BCUT2D eigenvalue weighted by molar-refractivity contribution is 5.67. The van der Waals surface area contributed by atoms with Crippen molar-refractivity contribution in [2.75, 3.05) is 20.2 Å². The highest BCUT2D eigenvalue weighted by Gasteiger charge is 2.35. The summed E-state index contributed by atoms with van der Waals surface area (Å²) >= 11 is 0. The first kappa shape index (κ1) is 10.7. The van der Waals surface area contributed by atoms with E-state index in [0.717, 1.165) is 32.4 Å². The zero-order valence-corrected chi connectivity index (χ0v) is 9.11. The molecule has 1 saturated carbocycles. The number of carbonyl (C=O) groups excluding carboxylic acids is 1. The topological polar surface area (TPSA) is 67.6 Å². The number of hydrogen-bond acceptors (Lipinski definition) is 4. The minimum atomic E-state index is -0.327. The van der Waals surface area contributed by atoms with Crippen molar-refractivity contribution in [3.63, 3.8) is 0 Å². The zero-order valence-electron chi connectivity index (χ0n) is 9.11. The molecule has 0 spiro atoms. The van der Waals surface area contributed by atoms with Gasteiger partial charge < -0.3 is 15.8 Å². The molecule has 15 heavy (non-hydrogen) atoms. The van der Waals surface area contributed by atoms with Gasteiger partial charge in [-0.15, -0.1) is 0 Å². The lowest BCUT2D eigenvalue weighted by Crippen LogP contribution is -2.50. The second-order valence-corrected chi connectivity index (χ2v) is 4.50. The summed E-state index contributed by atoms with van der Waals surface area (Å²) in [5.74, 6) is 0. The Bertz CT molecular complexity index is 241. The number of hydrogen-bond donors (Lipinski definition) is 2. The standard InChI is InChI=1S/C10H19N3O2/c1-15-10(14)12-8-2-3-13(6-8)9-4-7(11)5-9/h7-9H,2-6,11H2,1H3,(H,12,14). The van der Waals surface area contributed by atoms with Gasteiger partial charge in [0.2, 0.25) is 0 Å². The summed E-state index contributed by atoms with van der Waals surface area (Å²) in [7, 11) is 1.40. The number of nitrogens with one attached hydrogen (secondary N) is 1. The van der Waals surface area contributed by atoms with E-state index in [2.05, 4.69) is 15.0 Å². The molecule has 1 heterocycles. The van der Waals surface area contributed by atoms with Crippen molar-refractivity contribution in [1.29, 1.82) is 0 Å². The predicted octanol–water partition coefficient (Wildman–Crippen LogP) is -0.0936. The van der Waals surface area contributed by atoms with E-state index in [0.29, 0.717) is 12.1 Å². The van der Waals surface area contributed by atoms with Crippen LogP contribution in [-0.2, 0) is 4.74 Å². The van der Waals surface area contributed by atoms with E-state index in [1.165, 1.54) is 7.11 Å². The number of carbonyl (C=O) groups is 1. The maximum Gasteiger partial charge on any atom is 0.407 e. The fraction of sp³-hybridized carbons (Fsp3) is 0.900. The van der Waals surface area contributed by atoms with E-state index in [4.69, 9.17) is 5.73 Å². The Kier molecular flexibility index (Phi) is 3.11. The average molecular weight is 213 g/mol. The molecule has 1 unspecified atom stereocenters. The van der Waals surface area contributed by atoms with Crippen LogP contribution in [0.3, 0.4) is 0 Å². The van der Waals surface area contributed by atoms with Gasteiger partial charge in [0, 0.05) is 31.2 Å². The van der Waals surface area contributed by atoms with Gasteiger partial charge in [0.1, 0.15) is 0 Å². The van der Waals surface area contributed by atoms with Gasteiger partial charge in [0.25, 0.3) is 0 Å². The molecule has 0 aromatic heterocycles. The zero-order chi connectivity index (χ0) is 10.8. The number of likely N-dealkylation sites (tertiary alicyclic amines) is 1. The molecule has 0 aromatic carbocycles. The van der Waals surface area contributed by atoms with Gasteiger partial charge in [0.15, 0.2) is 0 Å². The van der Waals surface area contributed by atoms with Crippen LogP contribution in [0.2, 0.25) is 0 Å². The number of methoxy groups -OCH3 is 1. The molecule has 1 saturated heterocycles. The van der Waals surface area contributed by atoms with Gasteiger partial charge in [-0.05, 0) is 19.3 Å². The molecule has 1 atom stereocenters. The Balaban J connectivity index is 1.72. The molecule has 2 fully saturated rings. The lowest BCUT2D eigenvalue weighted by molar-refractivity contribution is 0.133. The summed E-state index contributed by atoms with van der Waals surface area (Å²) in [5, 5.41) is 2.84. The Hall–Kier alpha value is -0.810. The van der Waals surface area contributed by atoms with Crippen molar-refractivity contribution in [3.05, 3.63) is 0 Å². The minimum absolute atomic E-state index is 0.245. The first-order chi connectivity index (χ1) is 7.19. The summed E-state index contributed by atoms with van der Waals surface area (Å²) in [6.07, 6.45) is 2.89. The fourth-order valence-electron chi connectivity index (χ4n) is 2.39. The van der Waals surface area contributed by atoms with E-state index < -0.39 is 0 Å². The van der Waals surface area contributed by atoms with Gasteiger partial charge in [-0.3, -0.25) is 4.90 Å². The van der Waals surface area contributed by atoms with Crippen molar-refractivity contribution < 1.29 is 9.53 Å². The van der Waals surface area contributed by atoms with Crippen LogP contribution in [0.15, 0.2) is 0 Å². The molecule has 0 bridgehead atoms. The van der Waals surface area contributed by atoms with Crippen molar-refractivity contribution in [2.24, 2.45) is 5.73 Å². The molecule has 5 nitrogen and oxygen atoms in total. The summed E-state index contributed by atoms with van der Waals surface area (Å²) in [5.41, 5.74) is 5.76. The second-order valence-electron chi connectivity index (χ2n) is 4.50. The second kappa shape index (κ2) is 4.37. The predicted molar refractivity (Wildman–Crippen MR) is 56.5 cm³/mol. The van der Waals surface area contributed by atoms with Crippen molar-refractivity contribution in [2.45, 2.75) is 37.4 Å². The van der Waals surface area contributed by atoms with Gasteiger partial charge in [-0.25, -0.2) is 4.79 Å². The van der Waals surface area contributed by atoms with Crippen LogP contribution < -0.4 is 11.1 Å². The van der Waals surface area contributed by atoms with E-state index in [1.807, 2.05) is 0 Å². The number of rotatable bonds is 2. The Morgan fingerprint density at radius 3 is 2.87 bits per heavy atom. The lowest BCUT2D eigenvalue weighted by atomic mass is 9.86. The first-order valence-electron chi connectivity index (χ1n) is 5.53. The van der Waals surface area contributed by atoms with Crippen molar-refractivity contribution >= 4 is 6.09 Å². The molecule has 0 radical (unpaired) electrons. The summed E-state index contributed by atoms with van der Waals surface area (Å²) < 4.78 is 4.58. The first-order valence-corrected chi connectivity index (χ1v) is 5.53. The van der Waals surface area contributed by atoms with Crippen LogP contribution in [0.4, 0.5) is 4.79 Å². The third-order valence-corrected chi connectivity index (χ3v) is 3.39. The lowest BCUT2D eigenvalue weighted by Gasteiger charge is -2.39. The normalized spacial score (nSPS) is 36.0. The molecule has 86 valence electrons. The Morgan fingerprint density at radius 2 is 2.27 bits per heavy atom. The van der Waals surface area contributed by atoms with E-state index in [9.17, 15) is 4.79 Å². The number of nitrogens with two attached hydrogens (primary N) is 1. The van der Waals surface area contributed by atoms with E-state index in [1.54, 1.807) is 0 Å². The average Bonchev–Trinajstić information content (AvgIpc) is 2.61. The molecule has 1 amide bonds. The quantitative estimate of drug-likeness (QED) is 0.672. The SMILES string of the molecule is COC(=O)NC1CCN(C2CC(N)C2)C1. The maximum atomic E-state index is 11.0. The maximum absolute atomic E-state index is 11.0. The molecule has 2 aliphatic rings. The molecule has 1 aliphatic heterocycles. The smallest absolute Gasteiger partial charge is 0.407 e. The number of nitrogens with zero attached hydrogens (tertiary/aromatic N) is 1. The highest BCUT2D eigenvalue weighted by Crippen LogP contribution is 2.27. The van der Waals surface area contributed by atoms with Crippen molar-refractivity contribution in [1.82, 2.24) is 10.2 Å². The number of alkyl carbamates (subject to hydrolysis) is 1. The Morgan fingerprint density at radius 1 is 1.53 bits per heavy atom. The highest BCUT2D eigenvalue weighted by atomic mass is 16.5. The summed E-state index contributed by atoms with van der Waals surface area (Å²) in [6.45, 7) is 2.00. The molecular weight excluding hydrogens is 194 g/mol. The van der Waals surface area contributed by atoms with Crippen LogP contribution in [0.25, 0.3) is 0 Å². The molecular formula is C10H19N3O2. The number of amides is 1. The van der Waals surface area contributed by atoms with Gasteiger partial charge in [-0.1, -0.05) is 0 Å². The third kappa shape index (κ3) is 2.41. The summed E-state index contributed by atoms with van der Waals surface area (Å²) in [6, 6.07) is 1.28. The largest absolute Gasteiger partial charge is 0.453 e. The summed E-state index contributed by atoms with van der Waals surface area (Å²) in [4.78, 5) is 13.4.